The van der Waals surface area contributed by atoms with Crippen LogP contribution in [0.4, 0.5) is 18.9 Å². The van der Waals surface area contributed by atoms with E-state index in [-0.39, 0.29) is 11.3 Å². The van der Waals surface area contributed by atoms with Crippen molar-refractivity contribution in [3.8, 4) is 22.6 Å². The molecule has 0 aromatic heterocycles. The van der Waals surface area contributed by atoms with Crippen LogP contribution < -0.4 is 15.2 Å². The second kappa shape index (κ2) is 5.32. The number of nitrogen functional groups attached to an aromatic ring is 1. The van der Waals surface area contributed by atoms with Crippen LogP contribution >= 0.6 is 0 Å². The molecule has 6 heteroatoms. The number of nitrogens with two attached hydrogens (primary N) is 1. The third kappa shape index (κ3) is 3.34. The van der Waals surface area contributed by atoms with Gasteiger partial charge < -0.3 is 15.2 Å². The van der Waals surface area contributed by atoms with Gasteiger partial charge in [0, 0.05) is 11.3 Å². The molecule has 0 saturated carbocycles. The van der Waals surface area contributed by atoms with Gasteiger partial charge in [-0.3, -0.25) is 0 Å². The number of benzene rings is 2. The van der Waals surface area contributed by atoms with Crippen molar-refractivity contribution in [2.45, 2.75) is 6.36 Å². The molecule has 2 aromatic rings. The lowest BCUT2D eigenvalue weighted by atomic mass is 10.0. The van der Waals surface area contributed by atoms with E-state index in [9.17, 15) is 13.2 Å². The zero-order valence-electron chi connectivity index (χ0n) is 10.6. The first-order chi connectivity index (χ1) is 9.39. The molecule has 2 N–H and O–H groups in total. The molecule has 0 radical (unpaired) electrons. The van der Waals surface area contributed by atoms with Crippen LogP contribution in [0.5, 0.6) is 11.5 Å². The van der Waals surface area contributed by atoms with Crippen molar-refractivity contribution < 1.29 is 22.6 Å². The highest BCUT2D eigenvalue weighted by atomic mass is 19.4. The second-order valence-corrected chi connectivity index (χ2v) is 4.03. The summed E-state index contributed by atoms with van der Waals surface area (Å²) in [5.41, 5.74) is 6.80. The summed E-state index contributed by atoms with van der Waals surface area (Å²) in [6.07, 6.45) is -4.75. The van der Waals surface area contributed by atoms with Crippen LogP contribution in [0.15, 0.2) is 42.5 Å². The van der Waals surface area contributed by atoms with Gasteiger partial charge in [0.25, 0.3) is 0 Å². The second-order valence-electron chi connectivity index (χ2n) is 4.03. The lowest BCUT2D eigenvalue weighted by Gasteiger charge is -2.14. The number of alkyl halides is 3. The van der Waals surface area contributed by atoms with Gasteiger partial charge in [0.1, 0.15) is 11.5 Å². The number of halogens is 3. The largest absolute Gasteiger partial charge is 0.573 e. The van der Waals surface area contributed by atoms with Crippen LogP contribution in [-0.4, -0.2) is 13.5 Å². The quantitative estimate of drug-likeness (QED) is 0.870. The Morgan fingerprint density at radius 1 is 1.00 bits per heavy atom. The minimum absolute atomic E-state index is 0.268. The van der Waals surface area contributed by atoms with Gasteiger partial charge in [-0.05, 0) is 35.9 Å². The first-order valence-corrected chi connectivity index (χ1v) is 5.69. The lowest BCUT2D eigenvalue weighted by molar-refractivity contribution is -0.274. The van der Waals surface area contributed by atoms with E-state index in [2.05, 4.69) is 4.74 Å². The van der Waals surface area contributed by atoms with Gasteiger partial charge in [-0.15, -0.1) is 13.2 Å². The molecule has 20 heavy (non-hydrogen) atoms. The Kier molecular flexibility index (Phi) is 3.74. The third-order valence-corrected chi connectivity index (χ3v) is 2.63. The van der Waals surface area contributed by atoms with E-state index in [4.69, 9.17) is 10.5 Å². The third-order valence-electron chi connectivity index (χ3n) is 2.63. The summed E-state index contributed by atoms with van der Waals surface area (Å²) in [4.78, 5) is 0. The first kappa shape index (κ1) is 14.0. The van der Waals surface area contributed by atoms with Gasteiger partial charge in [0.15, 0.2) is 0 Å². The van der Waals surface area contributed by atoms with Crippen LogP contribution in [0.3, 0.4) is 0 Å². The number of hydrogen-bond acceptors (Lipinski definition) is 3. The van der Waals surface area contributed by atoms with E-state index in [0.717, 1.165) is 0 Å². The molecule has 0 aliphatic rings. The molecule has 3 nitrogen and oxygen atoms in total. The Balaban J connectivity index is 2.45. The standard InChI is InChI=1S/C14H12F3NO2/c1-19-11-5-2-9(3-6-11)12-8-10(18)4-7-13(12)20-14(15,16)17/h2-8H,18H2,1H3. The number of hydrogen-bond donors (Lipinski definition) is 1. The van der Waals surface area contributed by atoms with E-state index >= 15 is 0 Å². The summed E-state index contributed by atoms with van der Waals surface area (Å²) in [5, 5.41) is 0. The van der Waals surface area contributed by atoms with Gasteiger partial charge in [0.2, 0.25) is 0 Å². The van der Waals surface area contributed by atoms with Crippen molar-refractivity contribution >= 4 is 5.69 Å². The molecule has 0 aliphatic heterocycles. The minimum Gasteiger partial charge on any atom is -0.497 e. The molecular weight excluding hydrogens is 271 g/mol. The summed E-state index contributed by atoms with van der Waals surface area (Å²) in [6, 6.07) is 10.6. The van der Waals surface area contributed by atoms with Gasteiger partial charge in [-0.1, -0.05) is 12.1 Å². The Morgan fingerprint density at radius 3 is 2.20 bits per heavy atom. The molecule has 0 fully saturated rings. The predicted octanol–water partition coefficient (Wildman–Crippen LogP) is 3.84. The van der Waals surface area contributed by atoms with Crippen molar-refractivity contribution in [3.05, 3.63) is 42.5 Å². The molecule has 0 bridgehead atoms. The monoisotopic (exact) mass is 283 g/mol. The molecule has 0 aliphatic carbocycles. The van der Waals surface area contributed by atoms with E-state index < -0.39 is 6.36 Å². The Labute approximate surface area is 113 Å². The van der Waals surface area contributed by atoms with Crippen LogP contribution in [0.2, 0.25) is 0 Å². The van der Waals surface area contributed by atoms with Crippen molar-refractivity contribution in [2.75, 3.05) is 12.8 Å². The van der Waals surface area contributed by atoms with Crippen LogP contribution in [0.1, 0.15) is 0 Å². The SMILES string of the molecule is COc1ccc(-c2cc(N)ccc2OC(F)(F)F)cc1. The number of ether oxygens (including phenoxy) is 2. The minimum atomic E-state index is -4.75. The van der Waals surface area contributed by atoms with Crippen molar-refractivity contribution in [1.29, 1.82) is 0 Å². The smallest absolute Gasteiger partial charge is 0.497 e. The Morgan fingerprint density at radius 2 is 1.65 bits per heavy atom. The predicted molar refractivity (Wildman–Crippen MR) is 69.5 cm³/mol. The maximum atomic E-state index is 12.4. The van der Waals surface area contributed by atoms with Gasteiger partial charge >= 0.3 is 6.36 Å². The molecule has 2 rings (SSSR count). The van der Waals surface area contributed by atoms with Gasteiger partial charge in [0.05, 0.1) is 7.11 Å². The summed E-state index contributed by atoms with van der Waals surface area (Å²) < 4.78 is 46.2. The fraction of sp³-hybridized carbons (Fsp3) is 0.143. The highest BCUT2D eigenvalue weighted by molar-refractivity contribution is 5.74. The van der Waals surface area contributed by atoms with E-state index in [0.29, 0.717) is 17.0 Å². The van der Waals surface area contributed by atoms with Crippen LogP contribution in [0, 0.1) is 0 Å². The van der Waals surface area contributed by atoms with E-state index in [1.54, 1.807) is 24.3 Å². The zero-order chi connectivity index (χ0) is 14.8. The lowest BCUT2D eigenvalue weighted by Crippen LogP contribution is -2.17. The number of anilines is 1. The van der Waals surface area contributed by atoms with Crippen LogP contribution in [0.25, 0.3) is 11.1 Å². The van der Waals surface area contributed by atoms with Crippen molar-refractivity contribution in [3.63, 3.8) is 0 Å². The van der Waals surface area contributed by atoms with Crippen molar-refractivity contribution in [2.24, 2.45) is 0 Å². The van der Waals surface area contributed by atoms with Gasteiger partial charge in [-0.2, -0.15) is 0 Å². The fourth-order valence-electron chi connectivity index (χ4n) is 1.76. The first-order valence-electron chi connectivity index (χ1n) is 5.69. The highest BCUT2D eigenvalue weighted by Gasteiger charge is 2.32. The van der Waals surface area contributed by atoms with E-state index in [1.165, 1.54) is 25.3 Å². The topological polar surface area (TPSA) is 44.5 Å². The molecule has 0 unspecified atom stereocenters. The molecule has 0 saturated heterocycles. The number of rotatable bonds is 3. The average molecular weight is 283 g/mol. The Hall–Kier alpha value is -2.37. The maximum Gasteiger partial charge on any atom is 0.573 e. The summed E-state index contributed by atoms with van der Waals surface area (Å²) in [7, 11) is 1.51. The highest BCUT2D eigenvalue weighted by Crippen LogP contribution is 2.35. The molecule has 0 atom stereocenters. The molecule has 2 aromatic carbocycles. The summed E-state index contributed by atoms with van der Waals surface area (Å²) in [6.45, 7) is 0. The summed E-state index contributed by atoms with van der Waals surface area (Å²) in [5.74, 6) is 0.313. The van der Waals surface area contributed by atoms with Gasteiger partial charge in [-0.25, -0.2) is 0 Å². The normalized spacial score (nSPS) is 11.2. The summed E-state index contributed by atoms with van der Waals surface area (Å²) >= 11 is 0. The molecule has 0 spiro atoms. The molecule has 0 heterocycles. The molecular formula is C14H12F3NO2. The van der Waals surface area contributed by atoms with Crippen molar-refractivity contribution in [1.82, 2.24) is 0 Å². The average Bonchev–Trinajstić information content (AvgIpc) is 2.39. The zero-order valence-corrected chi connectivity index (χ0v) is 10.6. The van der Waals surface area contributed by atoms with E-state index in [1.807, 2.05) is 0 Å². The number of methoxy groups -OCH3 is 1. The van der Waals surface area contributed by atoms with Crippen LogP contribution in [-0.2, 0) is 0 Å². The maximum absolute atomic E-state index is 12.4. The molecule has 0 amide bonds. The fourth-order valence-corrected chi connectivity index (χ4v) is 1.76. The Bertz CT molecular complexity index is 594. The molecule has 106 valence electrons.